The Morgan fingerprint density at radius 2 is 1.30 bits per heavy atom. The average Bonchev–Trinajstić information content (AvgIpc) is 2.76. The molecule has 5 nitrogen and oxygen atoms in total. The van der Waals surface area contributed by atoms with Gasteiger partial charge in [-0.1, -0.05) is 38.5 Å². The van der Waals surface area contributed by atoms with Gasteiger partial charge in [0.2, 0.25) is 0 Å². The van der Waals surface area contributed by atoms with Crippen molar-refractivity contribution in [2.45, 2.75) is 76.3 Å². The van der Waals surface area contributed by atoms with Crippen LogP contribution in [-0.4, -0.2) is 41.4 Å². The molecule has 1 N–H and O–H groups in total. The number of hydrogen-bond donors (Lipinski definition) is 1. The second-order valence-electron chi connectivity index (χ2n) is 8.43. The van der Waals surface area contributed by atoms with Gasteiger partial charge in [-0.25, -0.2) is 22.5 Å². The molecule has 2 saturated carbocycles. The number of nitrogens with zero attached hydrogens (tertiary/aromatic N) is 2. The number of carbonyl (C=O) groups excluding carboxylic acids is 1. The van der Waals surface area contributed by atoms with Gasteiger partial charge in [0.25, 0.3) is 5.91 Å². The summed E-state index contributed by atoms with van der Waals surface area (Å²) in [6.07, 6.45) is 9.61. The van der Waals surface area contributed by atoms with E-state index in [4.69, 9.17) is 0 Å². The topological polar surface area (TPSA) is 52.7 Å². The zero-order valence-electron chi connectivity index (χ0n) is 17.7. The summed E-state index contributed by atoms with van der Waals surface area (Å²) in [7, 11) is -0.297. The molecule has 1 amide bonds. The van der Waals surface area contributed by atoms with Crippen LogP contribution in [0.5, 0.6) is 0 Å². The molecule has 168 valence electrons. The maximum Gasteiger partial charge on any atom is 0.311 e. The normalized spacial score (nSPS) is 19.4. The first-order valence-electron chi connectivity index (χ1n) is 10.8. The SMILES string of the molecule is CN(C1CCCCC1)P(=O)(NC(=O)c1c(F)ccc(F)c1F)N(C)C1CCCCC1. The van der Waals surface area contributed by atoms with E-state index in [0.717, 1.165) is 64.2 Å². The number of carbonyl (C=O) groups is 1. The molecule has 0 atom stereocenters. The van der Waals surface area contributed by atoms with Crippen LogP contribution in [0.2, 0.25) is 0 Å². The fourth-order valence-corrected chi connectivity index (χ4v) is 7.14. The smallest absolute Gasteiger partial charge is 0.278 e. The Labute approximate surface area is 176 Å². The van der Waals surface area contributed by atoms with E-state index in [1.165, 1.54) is 0 Å². The van der Waals surface area contributed by atoms with Gasteiger partial charge in [0.05, 0.1) is 0 Å². The zero-order chi connectivity index (χ0) is 21.9. The molecule has 0 aliphatic heterocycles. The minimum atomic E-state index is -3.70. The minimum absolute atomic E-state index is 0.00173. The van der Waals surface area contributed by atoms with E-state index in [9.17, 15) is 22.5 Å². The standard InChI is InChI=1S/C21H31F3N3O2P/c1-26(15-9-5-3-6-10-15)30(29,27(2)16-11-7-4-8-12-16)25-21(28)19-17(22)13-14-18(23)20(19)24/h13-16H,3-12H2,1-2H3,(H,25,28,29). The molecule has 30 heavy (non-hydrogen) atoms. The molecule has 2 fully saturated rings. The second-order valence-corrected chi connectivity index (χ2v) is 11.0. The van der Waals surface area contributed by atoms with Gasteiger partial charge in [-0.3, -0.25) is 14.4 Å². The number of benzene rings is 1. The van der Waals surface area contributed by atoms with E-state index in [1.54, 1.807) is 23.4 Å². The van der Waals surface area contributed by atoms with Crippen molar-refractivity contribution in [2.24, 2.45) is 0 Å². The Morgan fingerprint density at radius 1 is 0.867 bits per heavy atom. The highest BCUT2D eigenvalue weighted by Gasteiger charge is 2.42. The maximum atomic E-state index is 14.3. The highest BCUT2D eigenvalue weighted by molar-refractivity contribution is 7.57. The van der Waals surface area contributed by atoms with Crippen molar-refractivity contribution in [1.29, 1.82) is 0 Å². The summed E-state index contributed by atoms with van der Waals surface area (Å²) in [6.45, 7) is 0. The van der Waals surface area contributed by atoms with Gasteiger partial charge < -0.3 is 0 Å². The third kappa shape index (κ3) is 4.76. The summed E-state index contributed by atoms with van der Waals surface area (Å²) in [4.78, 5) is 12.8. The summed E-state index contributed by atoms with van der Waals surface area (Å²) < 4.78 is 59.7. The monoisotopic (exact) mass is 445 g/mol. The molecule has 2 aliphatic rings. The lowest BCUT2D eigenvalue weighted by molar-refractivity contribution is 0.0961. The molecule has 1 aromatic carbocycles. The van der Waals surface area contributed by atoms with Crippen LogP contribution in [0.1, 0.15) is 74.6 Å². The zero-order valence-corrected chi connectivity index (χ0v) is 18.6. The van der Waals surface area contributed by atoms with Gasteiger partial charge in [-0.05, 0) is 51.9 Å². The highest BCUT2D eigenvalue weighted by Crippen LogP contribution is 2.53. The molecule has 1 aromatic rings. The molecule has 9 heteroatoms. The van der Waals surface area contributed by atoms with E-state index in [1.807, 2.05) is 0 Å². The van der Waals surface area contributed by atoms with E-state index in [-0.39, 0.29) is 12.1 Å². The molecule has 0 spiro atoms. The average molecular weight is 445 g/mol. The van der Waals surface area contributed by atoms with Crippen molar-refractivity contribution >= 4 is 13.5 Å². The van der Waals surface area contributed by atoms with Crippen LogP contribution in [0.4, 0.5) is 13.2 Å². The van der Waals surface area contributed by atoms with Crippen LogP contribution in [0, 0.1) is 17.5 Å². The van der Waals surface area contributed by atoms with Gasteiger partial charge >= 0.3 is 7.59 Å². The fourth-order valence-electron chi connectivity index (χ4n) is 4.66. The molecule has 3 rings (SSSR count). The lowest BCUT2D eigenvalue weighted by atomic mass is 9.96. The number of amides is 1. The summed E-state index contributed by atoms with van der Waals surface area (Å²) in [5, 5.41) is 2.43. The van der Waals surface area contributed by atoms with Crippen molar-refractivity contribution in [3.63, 3.8) is 0 Å². The predicted octanol–water partition coefficient (Wildman–Crippen LogP) is 5.47. The Hall–Kier alpha value is -1.37. The summed E-state index contributed by atoms with van der Waals surface area (Å²) in [5.74, 6) is -5.27. The Morgan fingerprint density at radius 3 is 1.77 bits per heavy atom. The highest BCUT2D eigenvalue weighted by atomic mass is 31.2. The van der Waals surface area contributed by atoms with Crippen LogP contribution in [0.3, 0.4) is 0 Å². The van der Waals surface area contributed by atoms with Gasteiger partial charge in [-0.15, -0.1) is 0 Å². The van der Waals surface area contributed by atoms with Crippen LogP contribution in [-0.2, 0) is 4.57 Å². The summed E-state index contributed by atoms with van der Waals surface area (Å²) in [6, 6.07) is 1.33. The molecule has 0 aromatic heterocycles. The first kappa shape index (κ1) is 23.3. The van der Waals surface area contributed by atoms with Gasteiger partial charge in [-0.2, -0.15) is 0 Å². The molecular weight excluding hydrogens is 414 g/mol. The number of halogens is 3. The van der Waals surface area contributed by atoms with Gasteiger partial charge in [0, 0.05) is 12.1 Å². The maximum absolute atomic E-state index is 14.3. The van der Waals surface area contributed by atoms with Crippen molar-refractivity contribution in [3.05, 3.63) is 35.1 Å². The molecule has 0 saturated heterocycles. The van der Waals surface area contributed by atoms with E-state index in [2.05, 4.69) is 5.09 Å². The Kier molecular flexibility index (Phi) is 7.64. The first-order valence-corrected chi connectivity index (χ1v) is 12.4. The molecule has 0 heterocycles. The van der Waals surface area contributed by atoms with E-state index < -0.39 is 36.5 Å². The molecule has 0 bridgehead atoms. The first-order chi connectivity index (χ1) is 14.3. The van der Waals surface area contributed by atoms with Gasteiger partial charge in [0.15, 0.2) is 11.6 Å². The fraction of sp³-hybridized carbons (Fsp3) is 0.667. The molecular formula is C21H31F3N3O2P. The second kappa shape index (κ2) is 9.84. The third-order valence-electron chi connectivity index (χ3n) is 6.58. The van der Waals surface area contributed by atoms with Crippen molar-refractivity contribution < 1.29 is 22.5 Å². The van der Waals surface area contributed by atoms with Crippen LogP contribution >= 0.6 is 7.59 Å². The van der Waals surface area contributed by atoms with Crippen LogP contribution in [0.25, 0.3) is 0 Å². The van der Waals surface area contributed by atoms with Crippen LogP contribution < -0.4 is 5.09 Å². The summed E-state index contributed by atoms with van der Waals surface area (Å²) >= 11 is 0. The Bertz CT molecular complexity index is 783. The van der Waals surface area contributed by atoms with Crippen LogP contribution in [0.15, 0.2) is 12.1 Å². The lowest BCUT2D eigenvalue weighted by Gasteiger charge is -2.44. The van der Waals surface area contributed by atoms with E-state index >= 15 is 0 Å². The Balaban J connectivity index is 1.93. The third-order valence-corrected chi connectivity index (χ3v) is 9.44. The molecule has 0 unspecified atom stereocenters. The minimum Gasteiger partial charge on any atom is -0.278 e. The largest absolute Gasteiger partial charge is 0.311 e. The number of hydrogen-bond acceptors (Lipinski definition) is 2. The van der Waals surface area contributed by atoms with Crippen molar-refractivity contribution in [1.82, 2.24) is 14.4 Å². The molecule has 2 aliphatic carbocycles. The van der Waals surface area contributed by atoms with Gasteiger partial charge in [0.1, 0.15) is 11.4 Å². The lowest BCUT2D eigenvalue weighted by Crippen LogP contribution is -2.46. The number of nitrogens with one attached hydrogen (secondary N) is 1. The van der Waals surface area contributed by atoms with E-state index in [0.29, 0.717) is 12.1 Å². The molecule has 0 radical (unpaired) electrons. The quantitative estimate of drug-likeness (QED) is 0.466. The van der Waals surface area contributed by atoms with Crippen molar-refractivity contribution in [2.75, 3.05) is 14.1 Å². The number of rotatable bonds is 6. The predicted molar refractivity (Wildman–Crippen MR) is 111 cm³/mol. The summed E-state index contributed by atoms with van der Waals surface area (Å²) in [5.41, 5.74) is -1.04. The van der Waals surface area contributed by atoms with Crippen molar-refractivity contribution in [3.8, 4) is 0 Å².